The molecule has 5 rings (SSSR count). The minimum Gasteiger partial charge on any atom is -0.396 e. The van der Waals surface area contributed by atoms with Crippen LogP contribution in [-0.2, 0) is 6.42 Å². The van der Waals surface area contributed by atoms with Crippen molar-refractivity contribution < 1.29 is 9.63 Å². The van der Waals surface area contributed by atoms with Crippen molar-refractivity contribution >= 4 is 32.7 Å². The number of benzene rings is 2. The molecular weight excluding hydrogens is 328 g/mol. The van der Waals surface area contributed by atoms with Crippen LogP contribution in [0.2, 0.25) is 0 Å². The first-order valence-corrected chi connectivity index (χ1v) is 8.63. The molecular formula is C20H18N4O2. The number of nitrogens with zero attached hydrogens (tertiary/aromatic N) is 2. The number of aromatic amines is 2. The Hall–Kier alpha value is -3.12. The summed E-state index contributed by atoms with van der Waals surface area (Å²) in [6.07, 6.45) is 0.386. The Morgan fingerprint density at radius 2 is 1.88 bits per heavy atom. The zero-order valence-corrected chi connectivity index (χ0v) is 14.6. The number of aryl methyl sites for hydroxylation is 2. The summed E-state index contributed by atoms with van der Waals surface area (Å²) >= 11 is 0. The summed E-state index contributed by atoms with van der Waals surface area (Å²) in [7, 11) is 0. The summed E-state index contributed by atoms with van der Waals surface area (Å²) in [4.78, 5) is 11.4. The van der Waals surface area contributed by atoms with Crippen molar-refractivity contribution in [2.75, 3.05) is 6.61 Å². The Bertz CT molecular complexity index is 1280. The van der Waals surface area contributed by atoms with Gasteiger partial charge in [-0.2, -0.15) is 4.98 Å². The fraction of sp³-hybridized carbons (Fsp3) is 0.200. The Kier molecular flexibility index (Phi) is 3.17. The van der Waals surface area contributed by atoms with Gasteiger partial charge >= 0.3 is 0 Å². The molecule has 5 aromatic rings. The summed E-state index contributed by atoms with van der Waals surface area (Å²) in [6.45, 7) is 4.20. The van der Waals surface area contributed by atoms with Crippen molar-refractivity contribution in [3.8, 4) is 11.6 Å². The van der Waals surface area contributed by atoms with Gasteiger partial charge in [0.25, 0.3) is 5.89 Å². The molecule has 3 aromatic heterocycles. The van der Waals surface area contributed by atoms with Gasteiger partial charge in [-0.3, -0.25) is 0 Å². The largest absolute Gasteiger partial charge is 0.396 e. The number of rotatable bonds is 3. The van der Waals surface area contributed by atoms with E-state index in [2.05, 4.69) is 58.2 Å². The maximum atomic E-state index is 9.04. The molecule has 6 heteroatoms. The molecule has 0 aliphatic rings. The summed E-state index contributed by atoms with van der Waals surface area (Å²) in [6, 6.07) is 10.5. The summed E-state index contributed by atoms with van der Waals surface area (Å²) < 4.78 is 5.39. The second-order valence-corrected chi connectivity index (χ2v) is 6.63. The topological polar surface area (TPSA) is 90.7 Å². The monoisotopic (exact) mass is 346 g/mol. The Morgan fingerprint density at radius 1 is 1.04 bits per heavy atom. The van der Waals surface area contributed by atoms with Gasteiger partial charge in [0.1, 0.15) is 5.69 Å². The summed E-state index contributed by atoms with van der Waals surface area (Å²) in [5, 5.41) is 16.6. The van der Waals surface area contributed by atoms with Crippen LogP contribution in [-0.4, -0.2) is 31.8 Å². The quantitative estimate of drug-likeness (QED) is 0.460. The summed E-state index contributed by atoms with van der Waals surface area (Å²) in [5.74, 6) is 0.963. The van der Waals surface area contributed by atoms with E-state index in [0.29, 0.717) is 18.1 Å². The first kappa shape index (κ1) is 15.2. The van der Waals surface area contributed by atoms with Crippen LogP contribution in [0.25, 0.3) is 44.3 Å². The van der Waals surface area contributed by atoms with Gasteiger partial charge < -0.3 is 19.6 Å². The molecule has 2 aromatic carbocycles. The number of para-hydroxylation sites is 1. The normalized spacial score (nSPS) is 12.0. The van der Waals surface area contributed by atoms with Crippen molar-refractivity contribution in [3.05, 3.63) is 47.3 Å². The average molecular weight is 346 g/mol. The number of hydrogen-bond donors (Lipinski definition) is 3. The van der Waals surface area contributed by atoms with E-state index < -0.39 is 0 Å². The van der Waals surface area contributed by atoms with Crippen LogP contribution >= 0.6 is 0 Å². The molecule has 26 heavy (non-hydrogen) atoms. The highest BCUT2D eigenvalue weighted by Crippen LogP contribution is 2.37. The van der Waals surface area contributed by atoms with Gasteiger partial charge in [-0.05, 0) is 37.1 Å². The fourth-order valence-corrected chi connectivity index (χ4v) is 3.86. The van der Waals surface area contributed by atoms with Crippen LogP contribution in [0.5, 0.6) is 0 Å². The van der Waals surface area contributed by atoms with Crippen molar-refractivity contribution in [2.45, 2.75) is 20.3 Å². The molecule has 0 bridgehead atoms. The van der Waals surface area contributed by atoms with Crippen LogP contribution in [0.15, 0.2) is 34.9 Å². The lowest BCUT2D eigenvalue weighted by atomic mass is 10.0. The Labute approximate surface area is 148 Å². The van der Waals surface area contributed by atoms with Crippen molar-refractivity contribution in [1.29, 1.82) is 0 Å². The van der Waals surface area contributed by atoms with E-state index in [4.69, 9.17) is 9.63 Å². The van der Waals surface area contributed by atoms with Crippen LogP contribution in [0.3, 0.4) is 0 Å². The molecule has 0 aliphatic heterocycles. The third-order valence-corrected chi connectivity index (χ3v) is 5.08. The zero-order valence-electron chi connectivity index (χ0n) is 14.6. The third-order valence-electron chi connectivity index (χ3n) is 5.08. The second kappa shape index (κ2) is 5.44. The van der Waals surface area contributed by atoms with E-state index in [0.717, 1.165) is 27.8 Å². The first-order valence-electron chi connectivity index (χ1n) is 8.63. The highest BCUT2D eigenvalue weighted by Gasteiger charge is 2.19. The molecule has 0 spiro atoms. The van der Waals surface area contributed by atoms with E-state index in [1.165, 1.54) is 21.7 Å². The number of aromatic nitrogens is 4. The number of aliphatic hydroxyl groups is 1. The van der Waals surface area contributed by atoms with Gasteiger partial charge in [-0.1, -0.05) is 23.4 Å². The second-order valence-electron chi connectivity index (χ2n) is 6.63. The van der Waals surface area contributed by atoms with Crippen LogP contribution in [0, 0.1) is 13.8 Å². The molecule has 0 radical (unpaired) electrons. The van der Waals surface area contributed by atoms with Crippen molar-refractivity contribution in [2.24, 2.45) is 0 Å². The van der Waals surface area contributed by atoms with E-state index in [9.17, 15) is 0 Å². The predicted octanol–water partition coefficient (Wildman–Crippen LogP) is 4.00. The molecule has 6 nitrogen and oxygen atoms in total. The van der Waals surface area contributed by atoms with Gasteiger partial charge in [-0.25, -0.2) is 0 Å². The maximum Gasteiger partial charge on any atom is 0.274 e. The molecule has 130 valence electrons. The van der Waals surface area contributed by atoms with E-state index in [1.54, 1.807) is 0 Å². The van der Waals surface area contributed by atoms with Gasteiger partial charge in [0.2, 0.25) is 0 Å². The number of hydrogen-bond acceptors (Lipinski definition) is 4. The van der Waals surface area contributed by atoms with Crippen molar-refractivity contribution in [1.82, 2.24) is 20.1 Å². The minimum atomic E-state index is 0.00155. The van der Waals surface area contributed by atoms with Crippen LogP contribution < -0.4 is 0 Å². The standard InChI is InChI=1S/C20H18N4O2/c1-10-17-11(2)19(20-23-16(7-8-25)24-26-20)22-15(17)9-13-12-5-3-4-6-14(12)21-18(10)13/h3-6,9,21-22,25H,7-8H2,1-2H3. The van der Waals surface area contributed by atoms with Gasteiger partial charge in [0.05, 0.1) is 12.1 Å². The van der Waals surface area contributed by atoms with Crippen LogP contribution in [0.4, 0.5) is 0 Å². The Morgan fingerprint density at radius 3 is 2.73 bits per heavy atom. The highest BCUT2D eigenvalue weighted by atomic mass is 16.5. The molecule has 0 saturated carbocycles. The lowest BCUT2D eigenvalue weighted by molar-refractivity contribution is 0.293. The van der Waals surface area contributed by atoms with E-state index in [1.807, 2.05) is 6.07 Å². The first-order chi connectivity index (χ1) is 12.7. The maximum absolute atomic E-state index is 9.04. The lowest BCUT2D eigenvalue weighted by Gasteiger charge is -2.01. The Balaban J connectivity index is 1.78. The molecule has 0 saturated heterocycles. The van der Waals surface area contributed by atoms with Gasteiger partial charge in [-0.15, -0.1) is 0 Å². The third kappa shape index (κ3) is 2.02. The number of aliphatic hydroxyl groups excluding tert-OH is 1. The minimum absolute atomic E-state index is 0.00155. The van der Waals surface area contributed by atoms with E-state index >= 15 is 0 Å². The number of fused-ring (bicyclic) bond motifs is 4. The zero-order chi connectivity index (χ0) is 17.8. The SMILES string of the molecule is Cc1c(-c2nc(CCO)no2)[nH]c2cc3c([nH]c4ccccc43)c(C)c12. The summed E-state index contributed by atoms with van der Waals surface area (Å²) in [5.41, 5.74) is 6.45. The predicted molar refractivity (Wildman–Crippen MR) is 101 cm³/mol. The number of nitrogens with one attached hydrogen (secondary N) is 2. The van der Waals surface area contributed by atoms with Crippen molar-refractivity contribution in [3.63, 3.8) is 0 Å². The highest BCUT2D eigenvalue weighted by molar-refractivity contribution is 6.14. The lowest BCUT2D eigenvalue weighted by Crippen LogP contribution is -1.92. The van der Waals surface area contributed by atoms with E-state index in [-0.39, 0.29) is 6.61 Å². The van der Waals surface area contributed by atoms with Gasteiger partial charge in [0, 0.05) is 33.6 Å². The van der Waals surface area contributed by atoms with Crippen LogP contribution in [0.1, 0.15) is 17.0 Å². The van der Waals surface area contributed by atoms with Gasteiger partial charge in [0.15, 0.2) is 5.82 Å². The molecule has 0 amide bonds. The molecule has 0 unspecified atom stereocenters. The molecule has 3 N–H and O–H groups in total. The average Bonchev–Trinajstić information content (AvgIpc) is 3.32. The fourth-order valence-electron chi connectivity index (χ4n) is 3.86. The molecule has 0 aliphatic carbocycles. The molecule has 0 atom stereocenters. The number of H-pyrrole nitrogens is 2. The molecule has 0 fully saturated rings. The smallest absolute Gasteiger partial charge is 0.274 e. The molecule has 3 heterocycles.